The van der Waals surface area contributed by atoms with Crippen LogP contribution in [0.2, 0.25) is 5.02 Å². The van der Waals surface area contributed by atoms with E-state index in [0.29, 0.717) is 5.02 Å². The Morgan fingerprint density at radius 3 is 2.87 bits per heavy atom. The van der Waals surface area contributed by atoms with Crippen LogP contribution >= 0.6 is 11.6 Å². The fraction of sp³-hybridized carbons (Fsp3) is 0. The molecule has 1 aromatic carbocycles. The summed E-state index contributed by atoms with van der Waals surface area (Å²) in [5.74, 6) is -0.502. The first kappa shape index (κ1) is 9.86. The minimum Gasteiger partial charge on any atom is -0.313 e. The number of hydrogen-bond acceptors (Lipinski definition) is 2. The van der Waals surface area contributed by atoms with Gasteiger partial charge in [-0.25, -0.2) is 9.37 Å². The third kappa shape index (κ3) is 1.89. The van der Waals surface area contributed by atoms with Crippen molar-refractivity contribution >= 4 is 11.6 Å². The van der Waals surface area contributed by atoms with E-state index in [2.05, 4.69) is 9.97 Å². The van der Waals surface area contributed by atoms with Crippen LogP contribution in [-0.4, -0.2) is 9.97 Å². The van der Waals surface area contributed by atoms with Crippen molar-refractivity contribution in [2.75, 3.05) is 0 Å². The Kier molecular flexibility index (Phi) is 2.51. The van der Waals surface area contributed by atoms with Gasteiger partial charge < -0.3 is 4.98 Å². The van der Waals surface area contributed by atoms with Crippen LogP contribution in [0.15, 0.2) is 35.5 Å². The molecule has 0 amide bonds. The Balaban J connectivity index is 2.69. The first-order valence-electron chi connectivity index (χ1n) is 4.16. The number of rotatable bonds is 1. The molecule has 5 heteroatoms. The van der Waals surface area contributed by atoms with Crippen molar-refractivity contribution in [3.8, 4) is 11.1 Å². The number of halogens is 2. The van der Waals surface area contributed by atoms with Crippen molar-refractivity contribution in [3.63, 3.8) is 0 Å². The van der Waals surface area contributed by atoms with Crippen LogP contribution < -0.4 is 5.56 Å². The molecule has 2 aromatic rings. The largest absolute Gasteiger partial charge is 0.313 e. The van der Waals surface area contributed by atoms with Crippen LogP contribution in [0.3, 0.4) is 0 Å². The van der Waals surface area contributed by atoms with Crippen molar-refractivity contribution in [1.82, 2.24) is 9.97 Å². The van der Waals surface area contributed by atoms with E-state index >= 15 is 0 Å². The molecular formula is C10H6ClFN2O. The van der Waals surface area contributed by atoms with Crippen LogP contribution in [0, 0.1) is 5.82 Å². The molecule has 0 saturated heterocycles. The van der Waals surface area contributed by atoms with Gasteiger partial charge in [-0.2, -0.15) is 0 Å². The van der Waals surface area contributed by atoms with Gasteiger partial charge in [0.05, 0.1) is 11.9 Å². The Labute approximate surface area is 89.6 Å². The molecule has 1 N–H and O–H groups in total. The summed E-state index contributed by atoms with van der Waals surface area (Å²) in [6, 6.07) is 4.03. The zero-order valence-corrected chi connectivity index (χ0v) is 8.25. The lowest BCUT2D eigenvalue weighted by Crippen LogP contribution is -2.09. The summed E-state index contributed by atoms with van der Waals surface area (Å²) in [4.78, 5) is 17.5. The van der Waals surface area contributed by atoms with Crippen molar-refractivity contribution in [2.45, 2.75) is 0 Å². The van der Waals surface area contributed by atoms with Gasteiger partial charge >= 0.3 is 0 Å². The molecule has 3 nitrogen and oxygen atoms in total. The fourth-order valence-corrected chi connectivity index (χ4v) is 1.41. The second kappa shape index (κ2) is 3.82. The Hall–Kier alpha value is -1.68. The molecule has 0 atom stereocenters. The van der Waals surface area contributed by atoms with E-state index in [0.717, 1.165) is 0 Å². The first-order chi connectivity index (χ1) is 7.18. The number of nitrogens with one attached hydrogen (secondary N) is 1. The molecule has 15 heavy (non-hydrogen) atoms. The Morgan fingerprint density at radius 2 is 2.13 bits per heavy atom. The van der Waals surface area contributed by atoms with Crippen molar-refractivity contribution < 1.29 is 4.39 Å². The third-order valence-electron chi connectivity index (χ3n) is 1.94. The van der Waals surface area contributed by atoms with E-state index in [4.69, 9.17) is 11.6 Å². The monoisotopic (exact) mass is 224 g/mol. The Morgan fingerprint density at radius 1 is 1.33 bits per heavy atom. The maximum Gasteiger partial charge on any atom is 0.258 e. The highest BCUT2D eigenvalue weighted by Crippen LogP contribution is 2.22. The highest BCUT2D eigenvalue weighted by molar-refractivity contribution is 6.30. The normalized spacial score (nSPS) is 10.3. The van der Waals surface area contributed by atoms with E-state index in [9.17, 15) is 9.18 Å². The summed E-state index contributed by atoms with van der Waals surface area (Å²) in [5, 5.41) is 0.370. The molecule has 76 valence electrons. The van der Waals surface area contributed by atoms with Crippen molar-refractivity contribution in [1.29, 1.82) is 0 Å². The SMILES string of the molecule is O=c1[nH]cncc1-c1cc(Cl)ccc1F. The highest BCUT2D eigenvalue weighted by Gasteiger charge is 2.09. The van der Waals surface area contributed by atoms with E-state index in [1.807, 2.05) is 0 Å². The molecule has 2 rings (SSSR count). The summed E-state index contributed by atoms with van der Waals surface area (Å²) in [7, 11) is 0. The van der Waals surface area contributed by atoms with Crippen LogP contribution in [0.1, 0.15) is 0 Å². The van der Waals surface area contributed by atoms with Gasteiger partial charge in [-0.15, -0.1) is 0 Å². The average molecular weight is 225 g/mol. The molecule has 0 bridgehead atoms. The second-order valence-corrected chi connectivity index (χ2v) is 3.36. The van der Waals surface area contributed by atoms with Crippen molar-refractivity contribution in [3.05, 3.63) is 51.9 Å². The Bertz CT molecular complexity index is 553. The molecule has 0 unspecified atom stereocenters. The highest BCUT2D eigenvalue weighted by atomic mass is 35.5. The summed E-state index contributed by atoms with van der Waals surface area (Å²) >= 11 is 5.72. The van der Waals surface area contributed by atoms with Crippen LogP contribution in [0.4, 0.5) is 4.39 Å². The molecule has 0 radical (unpaired) electrons. The predicted molar refractivity (Wildman–Crippen MR) is 55.3 cm³/mol. The molecule has 1 aromatic heterocycles. The minimum absolute atomic E-state index is 0.150. The number of hydrogen-bond donors (Lipinski definition) is 1. The van der Waals surface area contributed by atoms with Gasteiger partial charge in [-0.3, -0.25) is 4.79 Å². The first-order valence-corrected chi connectivity index (χ1v) is 4.54. The van der Waals surface area contributed by atoms with Gasteiger partial charge in [0.1, 0.15) is 5.82 Å². The van der Waals surface area contributed by atoms with Crippen molar-refractivity contribution in [2.24, 2.45) is 0 Å². The molecule has 0 fully saturated rings. The molecule has 0 aliphatic carbocycles. The zero-order valence-electron chi connectivity index (χ0n) is 7.50. The van der Waals surface area contributed by atoms with E-state index < -0.39 is 11.4 Å². The molecular weight excluding hydrogens is 219 g/mol. The molecule has 0 aliphatic rings. The van der Waals surface area contributed by atoms with Gasteiger partial charge in [0, 0.05) is 16.8 Å². The summed E-state index contributed by atoms with van der Waals surface area (Å²) in [6.45, 7) is 0. The van der Waals surface area contributed by atoms with Gasteiger partial charge in [0.25, 0.3) is 5.56 Å². The predicted octanol–water partition coefficient (Wildman–Crippen LogP) is 2.23. The van der Waals surface area contributed by atoms with Crippen LogP contribution in [0.25, 0.3) is 11.1 Å². The maximum atomic E-state index is 13.4. The van der Waals surface area contributed by atoms with Gasteiger partial charge in [-0.1, -0.05) is 11.6 Å². The number of nitrogens with zero attached hydrogens (tertiary/aromatic N) is 1. The lowest BCUT2D eigenvalue weighted by Gasteiger charge is -2.01. The van der Waals surface area contributed by atoms with Gasteiger partial charge in [0.2, 0.25) is 0 Å². The quantitative estimate of drug-likeness (QED) is 0.808. The number of benzene rings is 1. The fourth-order valence-electron chi connectivity index (χ4n) is 1.24. The van der Waals surface area contributed by atoms with E-state index in [-0.39, 0.29) is 11.1 Å². The van der Waals surface area contributed by atoms with Crippen LogP contribution in [0.5, 0.6) is 0 Å². The standard InChI is InChI=1S/C10H6ClFN2O/c11-6-1-2-9(12)7(3-6)8-4-13-5-14-10(8)15/h1-5H,(H,13,14,15). The summed E-state index contributed by atoms with van der Waals surface area (Å²) in [6.07, 6.45) is 2.54. The van der Waals surface area contributed by atoms with E-state index in [1.54, 1.807) is 0 Å². The summed E-state index contributed by atoms with van der Waals surface area (Å²) in [5.41, 5.74) is -0.0829. The van der Waals surface area contributed by atoms with Gasteiger partial charge in [0.15, 0.2) is 0 Å². The maximum absolute atomic E-state index is 13.4. The topological polar surface area (TPSA) is 45.8 Å². The second-order valence-electron chi connectivity index (χ2n) is 2.92. The minimum atomic E-state index is -0.502. The molecule has 0 saturated carbocycles. The third-order valence-corrected chi connectivity index (χ3v) is 2.17. The molecule has 0 aliphatic heterocycles. The zero-order chi connectivity index (χ0) is 10.8. The molecule has 0 spiro atoms. The molecule has 1 heterocycles. The average Bonchev–Trinajstić information content (AvgIpc) is 2.23. The smallest absolute Gasteiger partial charge is 0.258 e. The van der Waals surface area contributed by atoms with E-state index in [1.165, 1.54) is 30.7 Å². The summed E-state index contributed by atoms with van der Waals surface area (Å²) < 4.78 is 13.4. The number of aromatic nitrogens is 2. The number of aromatic amines is 1. The van der Waals surface area contributed by atoms with Crippen LogP contribution in [-0.2, 0) is 0 Å². The lowest BCUT2D eigenvalue weighted by molar-refractivity contribution is 0.631. The van der Waals surface area contributed by atoms with Gasteiger partial charge in [-0.05, 0) is 18.2 Å². The number of H-pyrrole nitrogens is 1. The lowest BCUT2D eigenvalue weighted by atomic mass is 10.1.